The third-order valence-electron chi connectivity index (χ3n) is 4.21. The Morgan fingerprint density at radius 3 is 2.41 bits per heavy atom. The number of benzene rings is 2. The first-order valence-corrected chi connectivity index (χ1v) is 9.15. The molecule has 150 valence electrons. The topological polar surface area (TPSA) is 82.5 Å². The summed E-state index contributed by atoms with van der Waals surface area (Å²) in [6.45, 7) is 1.53. The third-order valence-corrected chi connectivity index (χ3v) is 4.46. The number of hydrogen-bond acceptors (Lipinski definition) is 5. The molecular formula is C21H20ClN3O4. The molecule has 1 amide bonds. The van der Waals surface area contributed by atoms with E-state index in [1.165, 1.54) is 24.9 Å². The monoisotopic (exact) mass is 413 g/mol. The summed E-state index contributed by atoms with van der Waals surface area (Å²) in [5, 5.41) is 3.33. The maximum Gasteiger partial charge on any atom is 0.254 e. The third kappa shape index (κ3) is 4.75. The van der Waals surface area contributed by atoms with E-state index in [1.807, 2.05) is 0 Å². The molecule has 8 heteroatoms. The van der Waals surface area contributed by atoms with Crippen molar-refractivity contribution in [2.24, 2.45) is 0 Å². The highest BCUT2D eigenvalue weighted by Crippen LogP contribution is 2.29. The van der Waals surface area contributed by atoms with Crippen LogP contribution in [0.5, 0.6) is 11.5 Å². The minimum atomic E-state index is -0.375. The molecule has 3 rings (SSSR count). The summed E-state index contributed by atoms with van der Waals surface area (Å²) in [5.74, 6) is 1.06. The number of carbonyl (C=O) groups is 1. The average molecular weight is 414 g/mol. The second-order valence-electron chi connectivity index (χ2n) is 6.27. The van der Waals surface area contributed by atoms with Gasteiger partial charge in [-0.15, -0.1) is 0 Å². The molecule has 7 nitrogen and oxygen atoms in total. The molecule has 29 heavy (non-hydrogen) atoms. The van der Waals surface area contributed by atoms with Crippen molar-refractivity contribution >= 4 is 23.2 Å². The summed E-state index contributed by atoms with van der Waals surface area (Å²) in [4.78, 5) is 29.6. The van der Waals surface area contributed by atoms with Gasteiger partial charge in [0.25, 0.3) is 5.56 Å². The van der Waals surface area contributed by atoms with Crippen molar-refractivity contribution in [3.05, 3.63) is 69.6 Å². The molecule has 0 spiro atoms. The molecule has 0 saturated heterocycles. The highest BCUT2D eigenvalue weighted by atomic mass is 35.5. The number of ether oxygens (including phenoxy) is 2. The average Bonchev–Trinajstić information content (AvgIpc) is 2.70. The largest absolute Gasteiger partial charge is 0.493 e. The van der Waals surface area contributed by atoms with Crippen LogP contribution in [0.4, 0.5) is 5.69 Å². The number of halogens is 1. The van der Waals surface area contributed by atoms with Crippen LogP contribution in [0.3, 0.4) is 0 Å². The molecule has 1 heterocycles. The van der Waals surface area contributed by atoms with E-state index in [1.54, 1.807) is 49.4 Å². The molecule has 0 aliphatic heterocycles. The fraction of sp³-hybridized carbons (Fsp3) is 0.190. The van der Waals surface area contributed by atoms with E-state index in [4.69, 9.17) is 21.1 Å². The van der Waals surface area contributed by atoms with Gasteiger partial charge in [-0.25, -0.2) is 4.98 Å². The van der Waals surface area contributed by atoms with E-state index >= 15 is 0 Å². The molecule has 0 aliphatic carbocycles. The van der Waals surface area contributed by atoms with Crippen LogP contribution in [-0.2, 0) is 11.3 Å². The number of anilines is 1. The lowest BCUT2D eigenvalue weighted by Crippen LogP contribution is -2.29. The number of aromatic nitrogens is 2. The van der Waals surface area contributed by atoms with Gasteiger partial charge in [0.2, 0.25) is 5.91 Å². The second kappa shape index (κ2) is 8.79. The van der Waals surface area contributed by atoms with Crippen LogP contribution in [0.2, 0.25) is 5.02 Å². The minimum Gasteiger partial charge on any atom is -0.493 e. The molecule has 0 saturated carbocycles. The van der Waals surface area contributed by atoms with E-state index in [-0.39, 0.29) is 18.0 Å². The number of amides is 1. The zero-order valence-corrected chi connectivity index (χ0v) is 17.0. The van der Waals surface area contributed by atoms with E-state index in [2.05, 4.69) is 10.3 Å². The van der Waals surface area contributed by atoms with Gasteiger partial charge >= 0.3 is 0 Å². The Bertz CT molecular complexity index is 1090. The van der Waals surface area contributed by atoms with E-state index < -0.39 is 0 Å². The van der Waals surface area contributed by atoms with Gasteiger partial charge in [0, 0.05) is 34.1 Å². The Kier molecular flexibility index (Phi) is 6.19. The molecule has 1 N–H and O–H groups in total. The number of methoxy groups -OCH3 is 2. The van der Waals surface area contributed by atoms with Crippen LogP contribution in [0.15, 0.2) is 53.3 Å². The lowest BCUT2D eigenvalue weighted by Gasteiger charge is -2.14. The number of rotatable bonds is 6. The number of nitrogens with zero attached hydrogens (tertiary/aromatic N) is 2. The first-order chi connectivity index (χ1) is 13.9. The Labute approximate surface area is 172 Å². The summed E-state index contributed by atoms with van der Waals surface area (Å²) in [6, 6.07) is 13.3. The molecule has 1 aromatic heterocycles. The van der Waals surface area contributed by atoms with Crippen LogP contribution in [0.1, 0.15) is 5.69 Å². The molecule has 2 aromatic carbocycles. The lowest BCUT2D eigenvalue weighted by atomic mass is 10.2. The van der Waals surface area contributed by atoms with E-state index in [0.29, 0.717) is 39.3 Å². The maximum absolute atomic E-state index is 12.6. The van der Waals surface area contributed by atoms with E-state index in [0.717, 1.165) is 0 Å². The van der Waals surface area contributed by atoms with Crippen LogP contribution in [0.25, 0.3) is 11.4 Å². The van der Waals surface area contributed by atoms with Crippen molar-refractivity contribution in [1.29, 1.82) is 0 Å². The normalized spacial score (nSPS) is 10.5. The van der Waals surface area contributed by atoms with Crippen LogP contribution in [-0.4, -0.2) is 29.7 Å². The SMILES string of the molecule is COc1ccc(NC(=O)Cn2c(-c3ccc(Cl)cc3)nc(C)cc2=O)cc1OC. The van der Waals surface area contributed by atoms with Crippen molar-refractivity contribution in [1.82, 2.24) is 9.55 Å². The van der Waals surface area contributed by atoms with Crippen molar-refractivity contribution in [2.45, 2.75) is 13.5 Å². The summed E-state index contributed by atoms with van der Waals surface area (Å²) >= 11 is 5.95. The lowest BCUT2D eigenvalue weighted by molar-refractivity contribution is -0.116. The second-order valence-corrected chi connectivity index (χ2v) is 6.71. The molecule has 0 unspecified atom stereocenters. The van der Waals surface area contributed by atoms with Gasteiger partial charge in [-0.3, -0.25) is 14.2 Å². The predicted octanol–water partition coefficient (Wildman–Crippen LogP) is 3.53. The molecule has 0 fully saturated rings. The number of aryl methyl sites for hydroxylation is 1. The van der Waals surface area contributed by atoms with Crippen LogP contribution in [0, 0.1) is 6.92 Å². The summed E-state index contributed by atoms with van der Waals surface area (Å²) in [5.41, 5.74) is 1.46. The number of carbonyl (C=O) groups excluding carboxylic acids is 1. The highest BCUT2D eigenvalue weighted by Gasteiger charge is 2.14. The van der Waals surface area contributed by atoms with Gasteiger partial charge in [-0.1, -0.05) is 11.6 Å². The Balaban J connectivity index is 1.89. The van der Waals surface area contributed by atoms with Gasteiger partial charge in [0.1, 0.15) is 12.4 Å². The van der Waals surface area contributed by atoms with Gasteiger partial charge in [-0.2, -0.15) is 0 Å². The van der Waals surface area contributed by atoms with Crippen molar-refractivity contribution in [3.63, 3.8) is 0 Å². The Morgan fingerprint density at radius 1 is 1.07 bits per heavy atom. The fourth-order valence-corrected chi connectivity index (χ4v) is 2.98. The fourth-order valence-electron chi connectivity index (χ4n) is 2.85. The highest BCUT2D eigenvalue weighted by molar-refractivity contribution is 6.30. The zero-order chi connectivity index (χ0) is 21.0. The molecule has 0 aliphatic rings. The standard InChI is InChI=1S/C21H20ClN3O4/c1-13-10-20(27)25(21(23-13)14-4-6-15(22)7-5-14)12-19(26)24-16-8-9-17(28-2)18(11-16)29-3/h4-11H,12H2,1-3H3,(H,24,26). The van der Waals surface area contributed by atoms with Gasteiger partial charge < -0.3 is 14.8 Å². The van der Waals surface area contributed by atoms with Crippen LogP contribution < -0.4 is 20.3 Å². The van der Waals surface area contributed by atoms with Gasteiger partial charge in [0.05, 0.1) is 14.2 Å². The zero-order valence-electron chi connectivity index (χ0n) is 16.2. The van der Waals surface area contributed by atoms with Crippen molar-refractivity contribution < 1.29 is 14.3 Å². The Morgan fingerprint density at radius 2 is 1.76 bits per heavy atom. The molecular weight excluding hydrogens is 394 g/mol. The van der Waals surface area contributed by atoms with Crippen LogP contribution >= 0.6 is 11.6 Å². The summed E-state index contributed by atoms with van der Waals surface area (Å²) in [6.07, 6.45) is 0. The van der Waals surface area contributed by atoms with Crippen molar-refractivity contribution in [2.75, 3.05) is 19.5 Å². The molecule has 0 atom stereocenters. The van der Waals surface area contributed by atoms with E-state index in [9.17, 15) is 9.59 Å². The van der Waals surface area contributed by atoms with Gasteiger partial charge in [0.15, 0.2) is 11.5 Å². The maximum atomic E-state index is 12.6. The van der Waals surface area contributed by atoms with Gasteiger partial charge in [-0.05, 0) is 43.3 Å². The first kappa shape index (κ1) is 20.4. The molecule has 0 bridgehead atoms. The molecule has 3 aromatic rings. The number of hydrogen-bond donors (Lipinski definition) is 1. The predicted molar refractivity (Wildman–Crippen MR) is 112 cm³/mol. The number of nitrogens with one attached hydrogen (secondary N) is 1. The molecule has 0 radical (unpaired) electrons. The Hall–Kier alpha value is -3.32. The minimum absolute atomic E-state index is 0.196. The summed E-state index contributed by atoms with van der Waals surface area (Å²) in [7, 11) is 3.05. The summed E-state index contributed by atoms with van der Waals surface area (Å²) < 4.78 is 11.8. The van der Waals surface area contributed by atoms with Crippen molar-refractivity contribution in [3.8, 4) is 22.9 Å². The smallest absolute Gasteiger partial charge is 0.254 e. The quantitative estimate of drug-likeness (QED) is 0.668. The first-order valence-electron chi connectivity index (χ1n) is 8.77.